The second-order valence-corrected chi connectivity index (χ2v) is 7.52. The maximum atomic E-state index is 12.4. The summed E-state index contributed by atoms with van der Waals surface area (Å²) in [4.78, 5) is 27.0. The molecule has 1 spiro atoms. The fourth-order valence-corrected chi connectivity index (χ4v) is 3.63. The Bertz CT molecular complexity index is 524. The van der Waals surface area contributed by atoms with Gasteiger partial charge in [-0.1, -0.05) is 11.1 Å². The molecular formula is C19H32N2O4. The average molecular weight is 352 g/mol. The topological polar surface area (TPSA) is 78.9 Å². The minimum atomic E-state index is -1.06. The summed E-state index contributed by atoms with van der Waals surface area (Å²) in [5, 5.41) is 12.9. The molecule has 1 atom stereocenters. The monoisotopic (exact) mass is 352 g/mol. The summed E-state index contributed by atoms with van der Waals surface area (Å²) >= 11 is 0. The zero-order valence-electron chi connectivity index (χ0n) is 15.8. The van der Waals surface area contributed by atoms with Gasteiger partial charge < -0.3 is 15.2 Å². The largest absolute Gasteiger partial charge is 0.463 e. The standard InChI is InChI=1S/C19H32N2O4/c1-14-4-5-17(23)16(12-22)18(24)25-13-19(7-9-20-10-8-19)21(3)11-6-15(14)2/h16,20,22H,4-13H2,1-3H3/b15-14+. The van der Waals surface area contributed by atoms with Gasteiger partial charge in [-0.15, -0.1) is 0 Å². The molecule has 0 aliphatic carbocycles. The van der Waals surface area contributed by atoms with E-state index in [2.05, 4.69) is 31.1 Å². The number of allylic oxidation sites excluding steroid dienone is 1. The molecule has 1 fully saturated rings. The van der Waals surface area contributed by atoms with E-state index in [1.54, 1.807) is 0 Å². The number of ether oxygens (including phenoxy) is 1. The number of aliphatic hydroxyl groups is 1. The molecule has 142 valence electrons. The maximum absolute atomic E-state index is 12.4. The molecule has 2 N–H and O–H groups in total. The fraction of sp³-hybridized carbons (Fsp3) is 0.789. The van der Waals surface area contributed by atoms with Crippen LogP contribution in [0.15, 0.2) is 11.1 Å². The van der Waals surface area contributed by atoms with Crippen LogP contribution in [0.2, 0.25) is 0 Å². The minimum absolute atomic E-state index is 0.202. The second kappa shape index (κ2) is 8.92. The van der Waals surface area contributed by atoms with Gasteiger partial charge in [-0.05, 0) is 59.7 Å². The van der Waals surface area contributed by atoms with Crippen LogP contribution in [0.4, 0.5) is 0 Å². The van der Waals surface area contributed by atoms with Gasteiger partial charge in [-0.3, -0.25) is 14.5 Å². The normalized spacial score (nSPS) is 30.3. The van der Waals surface area contributed by atoms with Crippen LogP contribution >= 0.6 is 0 Å². The summed E-state index contributed by atoms with van der Waals surface area (Å²) in [6.07, 6.45) is 3.65. The lowest BCUT2D eigenvalue weighted by Gasteiger charge is -2.44. The van der Waals surface area contributed by atoms with Gasteiger partial charge in [0.15, 0.2) is 0 Å². The number of cyclic esters (lactones) is 1. The molecule has 0 radical (unpaired) electrons. The summed E-state index contributed by atoms with van der Waals surface area (Å²) < 4.78 is 5.54. The van der Waals surface area contributed by atoms with Gasteiger partial charge in [-0.2, -0.15) is 0 Å². The van der Waals surface area contributed by atoms with Crippen LogP contribution in [0.1, 0.15) is 46.0 Å². The van der Waals surface area contributed by atoms with Crippen LogP contribution in [0.3, 0.4) is 0 Å². The van der Waals surface area contributed by atoms with Crippen molar-refractivity contribution in [3.05, 3.63) is 11.1 Å². The predicted molar refractivity (Wildman–Crippen MR) is 96.2 cm³/mol. The quantitative estimate of drug-likeness (QED) is 0.420. The fourth-order valence-electron chi connectivity index (χ4n) is 3.63. The highest BCUT2D eigenvalue weighted by Gasteiger charge is 2.38. The molecule has 1 unspecified atom stereocenters. The lowest BCUT2D eigenvalue weighted by molar-refractivity contribution is -0.158. The molecule has 6 heteroatoms. The maximum Gasteiger partial charge on any atom is 0.318 e. The van der Waals surface area contributed by atoms with Crippen LogP contribution in [-0.2, 0) is 14.3 Å². The molecule has 1 saturated heterocycles. The molecule has 6 nitrogen and oxygen atoms in total. The van der Waals surface area contributed by atoms with Gasteiger partial charge in [0.1, 0.15) is 18.3 Å². The lowest BCUT2D eigenvalue weighted by Crippen LogP contribution is -2.56. The Hall–Kier alpha value is -1.24. The molecule has 2 aliphatic rings. The lowest BCUT2D eigenvalue weighted by atomic mass is 9.87. The van der Waals surface area contributed by atoms with Crippen molar-refractivity contribution in [2.24, 2.45) is 5.92 Å². The molecule has 0 saturated carbocycles. The first-order chi connectivity index (χ1) is 11.9. The molecule has 0 aromatic rings. The molecule has 2 rings (SSSR count). The first-order valence-electron chi connectivity index (χ1n) is 9.27. The number of esters is 1. The number of nitrogens with one attached hydrogen (secondary N) is 1. The Kier molecular flexibility index (Phi) is 7.16. The molecule has 0 aromatic carbocycles. The SMILES string of the molecule is C/C1=C(/C)CCN(C)C2(CCNCC2)COC(=O)C(CO)C(=O)CC1. The number of nitrogens with zero attached hydrogens (tertiary/aromatic N) is 1. The number of hydrogen-bond acceptors (Lipinski definition) is 6. The van der Waals surface area contributed by atoms with Crippen LogP contribution < -0.4 is 5.32 Å². The highest BCUT2D eigenvalue weighted by Crippen LogP contribution is 2.28. The minimum Gasteiger partial charge on any atom is -0.463 e. The molecule has 0 aromatic heterocycles. The number of piperidine rings is 1. The van der Waals surface area contributed by atoms with Crippen molar-refractivity contribution in [3.8, 4) is 0 Å². The van der Waals surface area contributed by atoms with Crippen LogP contribution in [0.5, 0.6) is 0 Å². The first-order valence-corrected chi connectivity index (χ1v) is 9.27. The highest BCUT2D eigenvalue weighted by atomic mass is 16.5. The Labute approximate surface area is 150 Å². The van der Waals surface area contributed by atoms with E-state index in [9.17, 15) is 14.7 Å². The van der Waals surface area contributed by atoms with Crippen molar-refractivity contribution in [1.29, 1.82) is 0 Å². The third kappa shape index (κ3) is 4.90. The van der Waals surface area contributed by atoms with Crippen molar-refractivity contribution in [2.45, 2.75) is 51.5 Å². The van der Waals surface area contributed by atoms with Crippen LogP contribution in [-0.4, -0.2) is 67.2 Å². The van der Waals surface area contributed by atoms with Gasteiger partial charge in [0.2, 0.25) is 0 Å². The second-order valence-electron chi connectivity index (χ2n) is 7.52. The third-order valence-electron chi connectivity index (χ3n) is 5.98. The van der Waals surface area contributed by atoms with E-state index < -0.39 is 18.5 Å². The number of carbonyl (C=O) groups is 2. The van der Waals surface area contributed by atoms with E-state index in [1.807, 2.05) is 0 Å². The summed E-state index contributed by atoms with van der Waals surface area (Å²) in [5.74, 6) is -1.87. The van der Waals surface area contributed by atoms with E-state index in [0.29, 0.717) is 6.42 Å². The Morgan fingerprint density at radius 1 is 1.16 bits per heavy atom. The Morgan fingerprint density at radius 3 is 2.44 bits per heavy atom. The van der Waals surface area contributed by atoms with Gasteiger partial charge in [0.25, 0.3) is 0 Å². The van der Waals surface area contributed by atoms with Crippen molar-refractivity contribution >= 4 is 11.8 Å². The zero-order valence-corrected chi connectivity index (χ0v) is 15.8. The molecule has 0 bridgehead atoms. The number of likely N-dealkylation sites (N-methyl/N-ethyl adjacent to an activating group) is 1. The third-order valence-corrected chi connectivity index (χ3v) is 5.98. The number of ketones is 1. The Morgan fingerprint density at radius 2 is 1.80 bits per heavy atom. The van der Waals surface area contributed by atoms with Gasteiger partial charge in [0, 0.05) is 13.0 Å². The molecule has 0 amide bonds. The molecule has 2 heterocycles. The summed E-state index contributed by atoms with van der Waals surface area (Å²) in [6.45, 7) is 6.63. The smallest absolute Gasteiger partial charge is 0.318 e. The summed E-state index contributed by atoms with van der Waals surface area (Å²) in [7, 11) is 2.09. The van der Waals surface area contributed by atoms with E-state index in [1.165, 1.54) is 11.1 Å². The first kappa shape index (κ1) is 20.1. The molecular weight excluding hydrogens is 320 g/mol. The predicted octanol–water partition coefficient (Wildman–Crippen LogP) is 1.28. The average Bonchev–Trinajstić information content (AvgIpc) is 2.63. The van der Waals surface area contributed by atoms with E-state index in [-0.39, 0.29) is 24.3 Å². The van der Waals surface area contributed by atoms with Crippen molar-refractivity contribution < 1.29 is 19.4 Å². The molecule has 25 heavy (non-hydrogen) atoms. The Balaban J connectivity index is 2.26. The summed E-state index contributed by atoms with van der Waals surface area (Å²) in [6, 6.07) is 0. The number of rotatable bonds is 1. The van der Waals surface area contributed by atoms with E-state index >= 15 is 0 Å². The van der Waals surface area contributed by atoms with Crippen LogP contribution in [0.25, 0.3) is 0 Å². The number of Topliss-reactive ketones (excluding diaryl/α,β-unsaturated/α-hetero) is 1. The van der Waals surface area contributed by atoms with Crippen LogP contribution in [0, 0.1) is 5.92 Å². The highest BCUT2D eigenvalue weighted by molar-refractivity contribution is 5.99. The zero-order chi connectivity index (χ0) is 18.4. The van der Waals surface area contributed by atoms with Crippen molar-refractivity contribution in [3.63, 3.8) is 0 Å². The number of carbonyl (C=O) groups excluding carboxylic acids is 2. The van der Waals surface area contributed by atoms with E-state index in [4.69, 9.17) is 4.74 Å². The van der Waals surface area contributed by atoms with Gasteiger partial charge in [0.05, 0.1) is 12.1 Å². The van der Waals surface area contributed by atoms with E-state index in [0.717, 1.165) is 38.9 Å². The summed E-state index contributed by atoms with van der Waals surface area (Å²) in [5.41, 5.74) is 2.30. The van der Waals surface area contributed by atoms with Gasteiger partial charge >= 0.3 is 5.97 Å². The molecule has 2 aliphatic heterocycles. The van der Waals surface area contributed by atoms with Crippen molar-refractivity contribution in [1.82, 2.24) is 10.2 Å². The number of hydrogen-bond donors (Lipinski definition) is 2. The number of aliphatic hydroxyl groups excluding tert-OH is 1. The van der Waals surface area contributed by atoms with Crippen molar-refractivity contribution in [2.75, 3.05) is 39.9 Å². The van der Waals surface area contributed by atoms with Gasteiger partial charge in [-0.25, -0.2) is 0 Å².